The van der Waals surface area contributed by atoms with Crippen molar-refractivity contribution in [2.75, 3.05) is 18.4 Å². The van der Waals surface area contributed by atoms with Gasteiger partial charge in [-0.15, -0.1) is 0 Å². The Morgan fingerprint density at radius 1 is 1.14 bits per heavy atom. The van der Waals surface area contributed by atoms with Crippen LogP contribution in [0.2, 0.25) is 0 Å². The van der Waals surface area contributed by atoms with Crippen LogP contribution in [-0.4, -0.2) is 23.1 Å². The van der Waals surface area contributed by atoms with Crippen molar-refractivity contribution >= 4 is 5.95 Å². The first-order valence-electron chi connectivity index (χ1n) is 8.55. The monoisotopic (exact) mass is 286 g/mol. The van der Waals surface area contributed by atoms with Gasteiger partial charge < -0.3 is 11.1 Å². The summed E-state index contributed by atoms with van der Waals surface area (Å²) in [7, 11) is 0. The Morgan fingerprint density at radius 3 is 2.43 bits per heavy atom. The van der Waals surface area contributed by atoms with Crippen LogP contribution in [0.3, 0.4) is 0 Å². The molecule has 0 spiro atoms. The number of nitrogens with one attached hydrogen (secondary N) is 1. The Labute approximate surface area is 126 Å². The SMILES string of the molecule is NCCCNc1nccc(C23CC4CC(CC(C4)C2)C3)n1. The molecule has 0 amide bonds. The lowest BCUT2D eigenvalue weighted by Gasteiger charge is -2.56. The molecule has 5 rings (SSSR count). The summed E-state index contributed by atoms with van der Waals surface area (Å²) in [4.78, 5) is 9.25. The quantitative estimate of drug-likeness (QED) is 0.817. The molecule has 0 saturated heterocycles. The van der Waals surface area contributed by atoms with E-state index >= 15 is 0 Å². The van der Waals surface area contributed by atoms with Crippen LogP contribution in [0.4, 0.5) is 5.95 Å². The van der Waals surface area contributed by atoms with Crippen molar-refractivity contribution in [1.29, 1.82) is 0 Å². The average molecular weight is 286 g/mol. The third-order valence-electron chi connectivity index (χ3n) is 5.90. The molecule has 3 N–H and O–H groups in total. The fourth-order valence-corrected chi connectivity index (χ4v) is 5.47. The first kappa shape index (κ1) is 13.5. The summed E-state index contributed by atoms with van der Waals surface area (Å²) in [5.41, 5.74) is 7.21. The molecule has 0 radical (unpaired) electrons. The molecule has 1 aromatic rings. The number of nitrogens with zero attached hydrogens (tertiary/aromatic N) is 2. The molecule has 4 saturated carbocycles. The third kappa shape index (κ3) is 2.44. The van der Waals surface area contributed by atoms with Crippen molar-refractivity contribution in [3.05, 3.63) is 18.0 Å². The third-order valence-corrected chi connectivity index (χ3v) is 5.90. The Hall–Kier alpha value is -1.16. The van der Waals surface area contributed by atoms with E-state index < -0.39 is 0 Å². The van der Waals surface area contributed by atoms with Crippen molar-refractivity contribution < 1.29 is 0 Å². The minimum absolute atomic E-state index is 0.363. The average Bonchev–Trinajstić information content (AvgIpc) is 2.46. The van der Waals surface area contributed by atoms with Crippen LogP contribution in [0.15, 0.2) is 12.3 Å². The number of hydrogen-bond donors (Lipinski definition) is 2. The Balaban J connectivity index is 1.57. The van der Waals surface area contributed by atoms with E-state index in [1.165, 1.54) is 44.2 Å². The maximum absolute atomic E-state index is 5.54. The van der Waals surface area contributed by atoms with E-state index in [1.807, 2.05) is 6.20 Å². The van der Waals surface area contributed by atoms with Gasteiger partial charge in [-0.1, -0.05) is 0 Å². The van der Waals surface area contributed by atoms with Gasteiger partial charge in [-0.2, -0.15) is 0 Å². The van der Waals surface area contributed by atoms with Crippen LogP contribution in [0.25, 0.3) is 0 Å². The van der Waals surface area contributed by atoms with E-state index in [9.17, 15) is 0 Å². The number of aromatic nitrogens is 2. The van der Waals surface area contributed by atoms with E-state index in [0.717, 1.165) is 36.7 Å². The van der Waals surface area contributed by atoms with Crippen LogP contribution in [0, 0.1) is 17.8 Å². The zero-order valence-electron chi connectivity index (χ0n) is 12.7. The molecule has 114 valence electrons. The van der Waals surface area contributed by atoms with Gasteiger partial charge >= 0.3 is 0 Å². The summed E-state index contributed by atoms with van der Waals surface area (Å²) < 4.78 is 0. The molecule has 4 heteroatoms. The molecule has 1 aromatic heterocycles. The van der Waals surface area contributed by atoms with Crippen molar-refractivity contribution in [3.63, 3.8) is 0 Å². The maximum atomic E-state index is 5.54. The lowest BCUT2D eigenvalue weighted by atomic mass is 9.49. The predicted octanol–water partition coefficient (Wildman–Crippen LogP) is 2.71. The van der Waals surface area contributed by atoms with Crippen LogP contribution >= 0.6 is 0 Å². The molecule has 0 atom stereocenters. The summed E-state index contributed by atoms with van der Waals surface area (Å²) in [6, 6.07) is 2.17. The zero-order chi connectivity index (χ0) is 14.3. The summed E-state index contributed by atoms with van der Waals surface area (Å²) in [6.45, 7) is 1.57. The highest BCUT2D eigenvalue weighted by molar-refractivity contribution is 5.30. The van der Waals surface area contributed by atoms with Crippen LogP contribution in [-0.2, 0) is 5.41 Å². The molecule has 1 heterocycles. The van der Waals surface area contributed by atoms with Crippen molar-refractivity contribution in [2.45, 2.75) is 50.4 Å². The Morgan fingerprint density at radius 2 is 1.81 bits per heavy atom. The molecule has 21 heavy (non-hydrogen) atoms. The first-order valence-corrected chi connectivity index (χ1v) is 8.55. The molecule has 4 fully saturated rings. The fourth-order valence-electron chi connectivity index (χ4n) is 5.47. The van der Waals surface area contributed by atoms with E-state index in [1.54, 1.807) is 0 Å². The second-order valence-corrected chi connectivity index (χ2v) is 7.53. The number of nitrogens with two attached hydrogens (primary N) is 1. The molecule has 0 aromatic carbocycles. The van der Waals surface area contributed by atoms with Crippen LogP contribution < -0.4 is 11.1 Å². The van der Waals surface area contributed by atoms with Gasteiger partial charge in [-0.05, 0) is 75.3 Å². The molecule has 4 bridgehead atoms. The largest absolute Gasteiger partial charge is 0.354 e. The second kappa shape index (κ2) is 5.24. The molecule has 4 aliphatic rings. The van der Waals surface area contributed by atoms with Gasteiger partial charge in [-0.25, -0.2) is 9.97 Å². The summed E-state index contributed by atoms with van der Waals surface area (Å²) >= 11 is 0. The lowest BCUT2D eigenvalue weighted by Crippen LogP contribution is -2.49. The molecule has 0 unspecified atom stereocenters. The van der Waals surface area contributed by atoms with Gasteiger partial charge in [0, 0.05) is 18.2 Å². The fraction of sp³-hybridized carbons (Fsp3) is 0.765. The van der Waals surface area contributed by atoms with E-state index in [2.05, 4.69) is 16.4 Å². The normalized spacial score (nSPS) is 36.9. The van der Waals surface area contributed by atoms with Crippen molar-refractivity contribution in [3.8, 4) is 0 Å². The Bertz CT molecular complexity index is 478. The standard InChI is InChI=1S/C17H26N4/c18-3-1-4-19-16-20-5-2-15(21-16)17-9-12-6-13(10-17)8-14(7-12)11-17/h2,5,12-14H,1,3-4,6-11,18H2,(H,19,20,21). The summed E-state index contributed by atoms with van der Waals surface area (Å²) in [6.07, 6.45) is 11.4. The number of anilines is 1. The number of hydrogen-bond acceptors (Lipinski definition) is 4. The van der Waals surface area contributed by atoms with Gasteiger partial charge in [0.1, 0.15) is 0 Å². The minimum atomic E-state index is 0.363. The van der Waals surface area contributed by atoms with Gasteiger partial charge in [0.25, 0.3) is 0 Å². The molecular formula is C17H26N4. The van der Waals surface area contributed by atoms with Gasteiger partial charge in [-0.3, -0.25) is 0 Å². The molecule has 0 aliphatic heterocycles. The molecular weight excluding hydrogens is 260 g/mol. The lowest BCUT2D eigenvalue weighted by molar-refractivity contribution is -0.00719. The smallest absolute Gasteiger partial charge is 0.222 e. The van der Waals surface area contributed by atoms with E-state index in [4.69, 9.17) is 10.7 Å². The van der Waals surface area contributed by atoms with Crippen molar-refractivity contribution in [2.24, 2.45) is 23.5 Å². The second-order valence-electron chi connectivity index (χ2n) is 7.53. The summed E-state index contributed by atoms with van der Waals surface area (Å²) in [5.74, 6) is 3.66. The highest BCUT2D eigenvalue weighted by Gasteiger charge is 2.52. The van der Waals surface area contributed by atoms with Crippen molar-refractivity contribution in [1.82, 2.24) is 9.97 Å². The highest BCUT2D eigenvalue weighted by atomic mass is 15.1. The minimum Gasteiger partial charge on any atom is -0.354 e. The highest BCUT2D eigenvalue weighted by Crippen LogP contribution is 2.60. The van der Waals surface area contributed by atoms with Crippen LogP contribution in [0.1, 0.15) is 50.6 Å². The topological polar surface area (TPSA) is 63.8 Å². The predicted molar refractivity (Wildman–Crippen MR) is 84.0 cm³/mol. The van der Waals surface area contributed by atoms with Gasteiger partial charge in [0.05, 0.1) is 5.69 Å². The zero-order valence-corrected chi connectivity index (χ0v) is 12.7. The number of rotatable bonds is 5. The molecule has 4 nitrogen and oxygen atoms in total. The first-order chi connectivity index (χ1) is 10.3. The van der Waals surface area contributed by atoms with E-state index in [-0.39, 0.29) is 0 Å². The maximum Gasteiger partial charge on any atom is 0.222 e. The molecule has 4 aliphatic carbocycles. The van der Waals surface area contributed by atoms with Gasteiger partial charge in [0.2, 0.25) is 5.95 Å². The summed E-state index contributed by atoms with van der Waals surface area (Å²) in [5, 5.41) is 3.32. The van der Waals surface area contributed by atoms with Gasteiger partial charge in [0.15, 0.2) is 0 Å². The Kier molecular flexibility index (Phi) is 3.37. The van der Waals surface area contributed by atoms with E-state index in [0.29, 0.717) is 12.0 Å². The van der Waals surface area contributed by atoms with Crippen LogP contribution in [0.5, 0.6) is 0 Å².